The number of nitrogens with two attached hydrogens (primary N) is 1. The third kappa shape index (κ3) is 2.68. The zero-order valence-electron chi connectivity index (χ0n) is 13.8. The predicted molar refractivity (Wildman–Crippen MR) is 91.7 cm³/mol. The number of aliphatic imine (C=N–C) groups is 1. The quantitative estimate of drug-likeness (QED) is 0.900. The number of ketones is 1. The maximum Gasteiger partial charge on any atom is 0.205 e. The first-order valence-corrected chi connectivity index (χ1v) is 8.45. The average Bonchev–Trinajstić information content (AvgIpc) is 2.46. The van der Waals surface area contributed by atoms with Gasteiger partial charge >= 0.3 is 0 Å². The SMILES string of the molecule is CC(C)(C)C(N)C1=NC2(c3ccccc3Cl)CCC[C@H](O1)C2=O. The van der Waals surface area contributed by atoms with Crippen molar-refractivity contribution in [2.24, 2.45) is 16.1 Å². The molecule has 0 radical (unpaired) electrons. The second-order valence-electron chi connectivity index (χ2n) is 7.50. The molecule has 0 saturated heterocycles. The molecule has 1 aliphatic heterocycles. The number of hydrogen-bond donors (Lipinski definition) is 1. The minimum Gasteiger partial charge on any atom is -0.468 e. The summed E-state index contributed by atoms with van der Waals surface area (Å²) in [6.45, 7) is 6.12. The summed E-state index contributed by atoms with van der Waals surface area (Å²) in [7, 11) is 0. The Hall–Kier alpha value is -1.39. The van der Waals surface area contributed by atoms with Gasteiger partial charge in [-0.2, -0.15) is 0 Å². The molecule has 1 heterocycles. The molecule has 2 unspecified atom stereocenters. The molecule has 1 aromatic rings. The van der Waals surface area contributed by atoms with E-state index in [1.54, 1.807) is 6.07 Å². The fourth-order valence-corrected chi connectivity index (χ4v) is 3.58. The van der Waals surface area contributed by atoms with Crippen LogP contribution in [-0.4, -0.2) is 23.8 Å². The molecule has 1 aromatic carbocycles. The topological polar surface area (TPSA) is 64.7 Å². The Bertz CT molecular complexity index is 665. The average molecular weight is 335 g/mol. The van der Waals surface area contributed by atoms with Crippen molar-refractivity contribution in [1.82, 2.24) is 0 Å². The lowest BCUT2D eigenvalue weighted by Crippen LogP contribution is -2.56. The molecular weight excluding hydrogens is 312 g/mol. The molecule has 0 aromatic heterocycles. The molecule has 1 aliphatic carbocycles. The molecule has 1 saturated carbocycles. The zero-order valence-corrected chi connectivity index (χ0v) is 14.6. The molecule has 0 amide bonds. The van der Waals surface area contributed by atoms with E-state index >= 15 is 0 Å². The van der Waals surface area contributed by atoms with Gasteiger partial charge in [-0.1, -0.05) is 50.6 Å². The standard InChI is InChI=1S/C18H23ClN2O2/c1-17(2,3)14(20)16-21-18(11-7-4-5-8-12(11)19)10-6-9-13(23-16)15(18)22/h4-5,7-8,13-14H,6,9-10,20H2,1-3H3/t13-,14?,18?/m0/s1. The van der Waals surface area contributed by atoms with Crippen LogP contribution in [-0.2, 0) is 15.1 Å². The number of benzene rings is 1. The molecule has 4 nitrogen and oxygen atoms in total. The Labute approximate surface area is 142 Å². The van der Waals surface area contributed by atoms with E-state index in [1.807, 2.05) is 39.0 Å². The third-order valence-electron chi connectivity index (χ3n) is 4.79. The van der Waals surface area contributed by atoms with Gasteiger partial charge < -0.3 is 10.5 Å². The Morgan fingerprint density at radius 2 is 2.09 bits per heavy atom. The summed E-state index contributed by atoms with van der Waals surface area (Å²) in [5.74, 6) is 0.475. The van der Waals surface area contributed by atoms with Crippen LogP contribution in [0.2, 0.25) is 5.02 Å². The molecule has 5 heteroatoms. The number of Topliss-reactive ketones (excluding diaryl/α,β-unsaturated/α-hetero) is 1. The lowest BCUT2D eigenvalue weighted by molar-refractivity contribution is -0.137. The Kier molecular flexibility index (Phi) is 4.01. The number of hydrogen-bond acceptors (Lipinski definition) is 4. The van der Waals surface area contributed by atoms with Gasteiger partial charge in [0.1, 0.15) is 0 Å². The van der Waals surface area contributed by atoms with Gasteiger partial charge in [0.15, 0.2) is 11.6 Å². The van der Waals surface area contributed by atoms with Crippen LogP contribution < -0.4 is 5.73 Å². The van der Waals surface area contributed by atoms with Gasteiger partial charge in [-0.25, -0.2) is 4.99 Å². The van der Waals surface area contributed by atoms with Gasteiger partial charge in [0.05, 0.1) is 6.04 Å². The first kappa shape index (κ1) is 16.5. The summed E-state index contributed by atoms with van der Waals surface area (Å²) < 4.78 is 5.88. The largest absolute Gasteiger partial charge is 0.468 e. The van der Waals surface area contributed by atoms with Crippen molar-refractivity contribution in [3.05, 3.63) is 34.9 Å². The van der Waals surface area contributed by atoms with Crippen LogP contribution in [0.25, 0.3) is 0 Å². The van der Waals surface area contributed by atoms with Crippen molar-refractivity contribution in [2.45, 2.75) is 57.7 Å². The molecule has 2 N–H and O–H groups in total. The maximum absolute atomic E-state index is 13.0. The van der Waals surface area contributed by atoms with Crippen LogP contribution in [0.15, 0.2) is 29.3 Å². The van der Waals surface area contributed by atoms with E-state index in [-0.39, 0.29) is 17.2 Å². The van der Waals surface area contributed by atoms with Crippen molar-refractivity contribution in [3.63, 3.8) is 0 Å². The summed E-state index contributed by atoms with van der Waals surface area (Å²) in [5.41, 5.74) is 5.97. The summed E-state index contributed by atoms with van der Waals surface area (Å²) in [6.07, 6.45) is 1.76. The molecular formula is C18H23ClN2O2. The van der Waals surface area contributed by atoms with Crippen LogP contribution >= 0.6 is 11.6 Å². The number of carbonyl (C=O) groups is 1. The number of rotatable bonds is 2. The van der Waals surface area contributed by atoms with E-state index in [9.17, 15) is 4.79 Å². The first-order chi connectivity index (χ1) is 10.8. The Balaban J connectivity index is 2.15. The molecule has 124 valence electrons. The van der Waals surface area contributed by atoms with E-state index in [4.69, 9.17) is 27.1 Å². The van der Waals surface area contributed by atoms with Crippen molar-refractivity contribution < 1.29 is 9.53 Å². The lowest BCUT2D eigenvalue weighted by Gasteiger charge is -2.43. The van der Waals surface area contributed by atoms with Crippen LogP contribution in [0, 0.1) is 5.41 Å². The number of ether oxygens (including phenoxy) is 1. The van der Waals surface area contributed by atoms with E-state index in [1.165, 1.54) is 0 Å². The first-order valence-electron chi connectivity index (χ1n) is 8.07. The van der Waals surface area contributed by atoms with Crippen LogP contribution in [0.4, 0.5) is 0 Å². The predicted octanol–water partition coefficient (Wildman–Crippen LogP) is 3.46. The number of halogens is 1. The van der Waals surface area contributed by atoms with Gasteiger partial charge in [-0.15, -0.1) is 0 Å². The van der Waals surface area contributed by atoms with Crippen LogP contribution in [0.3, 0.4) is 0 Å². The molecule has 3 atom stereocenters. The van der Waals surface area contributed by atoms with E-state index < -0.39 is 11.6 Å². The number of nitrogens with zero attached hydrogens (tertiary/aromatic N) is 1. The van der Waals surface area contributed by atoms with Gasteiger partial charge in [0, 0.05) is 10.6 Å². The van der Waals surface area contributed by atoms with Crippen molar-refractivity contribution in [1.29, 1.82) is 0 Å². The summed E-state index contributed by atoms with van der Waals surface area (Å²) in [5, 5.41) is 0.566. The molecule has 0 spiro atoms. The zero-order chi connectivity index (χ0) is 16.8. The fraction of sp³-hybridized carbons (Fsp3) is 0.556. The molecule has 1 fully saturated rings. The second-order valence-corrected chi connectivity index (χ2v) is 7.90. The maximum atomic E-state index is 13.0. The van der Waals surface area contributed by atoms with E-state index in [0.29, 0.717) is 23.8 Å². The Morgan fingerprint density at radius 1 is 1.39 bits per heavy atom. The number of fused-ring (bicyclic) bond motifs is 2. The highest BCUT2D eigenvalue weighted by Crippen LogP contribution is 2.45. The second kappa shape index (κ2) is 5.60. The molecule has 2 bridgehead atoms. The van der Waals surface area contributed by atoms with Crippen molar-refractivity contribution in [3.8, 4) is 0 Å². The Morgan fingerprint density at radius 3 is 2.74 bits per heavy atom. The summed E-state index contributed by atoms with van der Waals surface area (Å²) >= 11 is 6.39. The smallest absolute Gasteiger partial charge is 0.205 e. The third-order valence-corrected chi connectivity index (χ3v) is 5.12. The van der Waals surface area contributed by atoms with E-state index in [0.717, 1.165) is 12.0 Å². The number of carbonyl (C=O) groups excluding carboxylic acids is 1. The monoisotopic (exact) mass is 334 g/mol. The van der Waals surface area contributed by atoms with Gasteiger partial charge in [-0.3, -0.25) is 4.79 Å². The van der Waals surface area contributed by atoms with Gasteiger partial charge in [0.2, 0.25) is 11.7 Å². The highest BCUT2D eigenvalue weighted by atomic mass is 35.5. The molecule has 23 heavy (non-hydrogen) atoms. The van der Waals surface area contributed by atoms with Crippen molar-refractivity contribution in [2.75, 3.05) is 0 Å². The van der Waals surface area contributed by atoms with Crippen molar-refractivity contribution >= 4 is 23.3 Å². The molecule has 2 aliphatic rings. The van der Waals surface area contributed by atoms with Gasteiger partial charge in [-0.05, 0) is 30.7 Å². The highest BCUT2D eigenvalue weighted by molar-refractivity contribution is 6.32. The van der Waals surface area contributed by atoms with Crippen LogP contribution in [0.5, 0.6) is 0 Å². The van der Waals surface area contributed by atoms with E-state index in [2.05, 4.69) is 0 Å². The lowest BCUT2D eigenvalue weighted by atomic mass is 9.73. The minimum atomic E-state index is -0.947. The van der Waals surface area contributed by atoms with Gasteiger partial charge in [0.25, 0.3) is 0 Å². The molecule has 3 rings (SSSR count). The highest BCUT2D eigenvalue weighted by Gasteiger charge is 2.52. The normalized spacial score (nSPS) is 28.8. The van der Waals surface area contributed by atoms with Crippen LogP contribution in [0.1, 0.15) is 45.6 Å². The summed E-state index contributed by atoms with van der Waals surface area (Å²) in [6, 6.07) is 7.08. The minimum absolute atomic E-state index is 0.00158. The summed E-state index contributed by atoms with van der Waals surface area (Å²) in [4.78, 5) is 17.7. The fourth-order valence-electron chi connectivity index (χ4n) is 3.29.